The zero-order chi connectivity index (χ0) is 36.2. The first-order chi connectivity index (χ1) is 21.5. The number of rotatable bonds is 6. The molecule has 3 heterocycles. The van der Waals surface area contributed by atoms with E-state index in [2.05, 4.69) is 42.5 Å². The lowest BCUT2D eigenvalue weighted by molar-refractivity contribution is -0.169. The van der Waals surface area contributed by atoms with Crippen molar-refractivity contribution >= 4 is 17.9 Å². The summed E-state index contributed by atoms with van der Waals surface area (Å²) in [7, 11) is 2.09. The van der Waals surface area contributed by atoms with Gasteiger partial charge in [0.15, 0.2) is 0 Å². The van der Waals surface area contributed by atoms with Crippen molar-refractivity contribution in [1.29, 1.82) is 0 Å². The molecule has 0 aliphatic carbocycles. The van der Waals surface area contributed by atoms with Crippen molar-refractivity contribution in [2.75, 3.05) is 59.5 Å². The number of hydrogen-bond donors (Lipinski definition) is 0. The fourth-order valence-electron chi connectivity index (χ4n) is 5.74. The molecule has 1 unspecified atom stereocenters. The summed E-state index contributed by atoms with van der Waals surface area (Å²) in [4.78, 5) is 42.6. The van der Waals surface area contributed by atoms with Crippen molar-refractivity contribution < 1.29 is 28.6 Å². The number of ether oxygens (including phenoxy) is 3. The summed E-state index contributed by atoms with van der Waals surface area (Å²) in [5, 5.41) is 0. The summed E-state index contributed by atoms with van der Waals surface area (Å²) in [6, 6.07) is 0.583. The predicted octanol–water partition coefficient (Wildman–Crippen LogP) is 6.82. The Hall–Kier alpha value is -1.71. The second-order valence-electron chi connectivity index (χ2n) is 17.6. The molecule has 0 radical (unpaired) electrons. The molecule has 276 valence electrons. The number of likely N-dealkylation sites (tertiary alicyclic amines) is 3. The molecule has 0 aromatic rings. The van der Waals surface area contributed by atoms with Crippen molar-refractivity contribution in [2.24, 2.45) is 22.7 Å². The maximum atomic E-state index is 12.0. The van der Waals surface area contributed by atoms with Gasteiger partial charge in [0.2, 0.25) is 0 Å². The summed E-state index contributed by atoms with van der Waals surface area (Å²) in [6.07, 6.45) is 6.09. The summed E-state index contributed by atoms with van der Waals surface area (Å²) in [5.74, 6) is 0.495. The first kappa shape index (κ1) is 43.3. The van der Waals surface area contributed by atoms with E-state index in [-0.39, 0.29) is 45.9 Å². The fourth-order valence-corrected chi connectivity index (χ4v) is 5.74. The highest BCUT2D eigenvalue weighted by atomic mass is 16.6. The molecule has 0 aromatic carbocycles. The van der Waals surface area contributed by atoms with Gasteiger partial charge < -0.3 is 28.9 Å². The van der Waals surface area contributed by atoms with Crippen LogP contribution in [-0.4, -0.2) is 109 Å². The minimum atomic E-state index is -0.376. The lowest BCUT2D eigenvalue weighted by Crippen LogP contribution is -2.43. The van der Waals surface area contributed by atoms with Crippen LogP contribution >= 0.6 is 0 Å². The molecule has 0 amide bonds. The van der Waals surface area contributed by atoms with Gasteiger partial charge in [0.25, 0.3) is 0 Å². The van der Waals surface area contributed by atoms with E-state index in [1.54, 1.807) is 0 Å². The highest BCUT2D eigenvalue weighted by Crippen LogP contribution is 2.33. The van der Waals surface area contributed by atoms with Crippen LogP contribution in [0.5, 0.6) is 0 Å². The Kier molecular flexibility index (Phi) is 17.4. The molecule has 0 spiro atoms. The van der Waals surface area contributed by atoms with Gasteiger partial charge in [-0.3, -0.25) is 14.4 Å². The van der Waals surface area contributed by atoms with Gasteiger partial charge in [-0.15, -0.1) is 0 Å². The molecular weight excluding hydrogens is 594 g/mol. The molecular formula is C38H73N3O6. The summed E-state index contributed by atoms with van der Waals surface area (Å²) < 4.78 is 16.2. The molecule has 3 rings (SSSR count). The van der Waals surface area contributed by atoms with E-state index in [4.69, 9.17) is 14.2 Å². The number of nitrogens with zero attached hydrogens (tertiary/aromatic N) is 3. The summed E-state index contributed by atoms with van der Waals surface area (Å²) in [6.45, 7) is 33.8. The molecule has 3 fully saturated rings. The van der Waals surface area contributed by atoms with Crippen LogP contribution in [0.4, 0.5) is 0 Å². The zero-order valence-electron chi connectivity index (χ0n) is 32.9. The van der Waals surface area contributed by atoms with Crippen LogP contribution < -0.4 is 0 Å². The number of hydrogen-bond acceptors (Lipinski definition) is 9. The molecule has 0 N–H and O–H groups in total. The highest BCUT2D eigenvalue weighted by Gasteiger charge is 2.39. The Morgan fingerprint density at radius 3 is 1.79 bits per heavy atom. The van der Waals surface area contributed by atoms with Crippen LogP contribution in [0.25, 0.3) is 0 Å². The molecule has 47 heavy (non-hydrogen) atoms. The van der Waals surface area contributed by atoms with E-state index in [9.17, 15) is 14.4 Å². The molecule has 3 aliphatic heterocycles. The maximum Gasteiger partial charge on any atom is 0.312 e. The second-order valence-corrected chi connectivity index (χ2v) is 17.6. The normalized spacial score (nSPS) is 21.9. The van der Waals surface area contributed by atoms with Gasteiger partial charge in [-0.05, 0) is 168 Å². The summed E-state index contributed by atoms with van der Waals surface area (Å²) >= 11 is 0. The lowest BCUT2D eigenvalue weighted by atomic mass is 9.80. The molecule has 1 atom stereocenters. The fraction of sp³-hybridized carbons (Fsp3) is 0.921. The Morgan fingerprint density at radius 1 is 0.809 bits per heavy atom. The van der Waals surface area contributed by atoms with Gasteiger partial charge >= 0.3 is 17.9 Å². The molecule has 0 aromatic heterocycles. The number of carbonyl (C=O) groups excluding carboxylic acids is 3. The van der Waals surface area contributed by atoms with Gasteiger partial charge in [-0.1, -0.05) is 6.92 Å². The third-order valence-corrected chi connectivity index (χ3v) is 9.10. The largest absolute Gasteiger partial charge is 0.465 e. The number of piperidine rings is 3. The third-order valence-electron chi connectivity index (χ3n) is 9.10. The SMILES string of the molecule is CC(C)N1CCC(C(=O)OC(C)(C)C)CC1.CCN1CCCC(COC(=O)C(C)(C)C)C1.CN1CCC(C)(C(=O)OC(C)(C)C)CC1. The average Bonchev–Trinajstić information content (AvgIpc) is 2.96. The Morgan fingerprint density at radius 2 is 1.34 bits per heavy atom. The smallest absolute Gasteiger partial charge is 0.312 e. The lowest BCUT2D eigenvalue weighted by Gasteiger charge is -2.37. The first-order valence-corrected chi connectivity index (χ1v) is 18.2. The topological polar surface area (TPSA) is 88.6 Å². The van der Waals surface area contributed by atoms with E-state index in [1.807, 2.05) is 69.2 Å². The molecule has 3 aliphatic rings. The van der Waals surface area contributed by atoms with E-state index in [0.29, 0.717) is 18.6 Å². The van der Waals surface area contributed by atoms with E-state index >= 15 is 0 Å². The van der Waals surface area contributed by atoms with Crippen LogP contribution in [0.3, 0.4) is 0 Å². The highest BCUT2D eigenvalue weighted by molar-refractivity contribution is 5.77. The predicted molar refractivity (Wildman–Crippen MR) is 191 cm³/mol. The minimum Gasteiger partial charge on any atom is -0.465 e. The van der Waals surface area contributed by atoms with E-state index in [0.717, 1.165) is 65.0 Å². The molecule has 3 saturated heterocycles. The third kappa shape index (κ3) is 17.5. The van der Waals surface area contributed by atoms with Gasteiger partial charge in [-0.2, -0.15) is 0 Å². The van der Waals surface area contributed by atoms with Crippen LogP contribution in [0.1, 0.15) is 129 Å². The van der Waals surface area contributed by atoms with E-state index < -0.39 is 0 Å². The Labute approximate surface area is 288 Å². The van der Waals surface area contributed by atoms with Gasteiger partial charge in [0, 0.05) is 18.5 Å². The maximum absolute atomic E-state index is 12.0. The molecule has 9 heteroatoms. The molecule has 9 nitrogen and oxygen atoms in total. The van der Waals surface area contributed by atoms with Crippen LogP contribution in [0.15, 0.2) is 0 Å². The Balaban J connectivity index is 0.000000353. The quantitative estimate of drug-likeness (QED) is 0.224. The minimum absolute atomic E-state index is 0.0177. The van der Waals surface area contributed by atoms with Gasteiger partial charge in [-0.25, -0.2) is 0 Å². The van der Waals surface area contributed by atoms with Crippen LogP contribution in [-0.2, 0) is 28.6 Å². The molecule has 0 bridgehead atoms. The van der Waals surface area contributed by atoms with Crippen molar-refractivity contribution in [3.8, 4) is 0 Å². The standard InChI is InChI=1S/2C13H25NO2.C12H23NO2/c1-10(2)14-8-6-11(7-9-14)12(15)16-13(3,4)5;1-5-14-8-6-7-11(9-14)10-16-12(15)13(2,3)4;1-11(2,3)15-10(14)12(4)6-8-13(5)9-7-12/h10-11H,6-9H2,1-5H3;11H,5-10H2,1-4H3;6-9H2,1-5H3. The van der Waals surface area contributed by atoms with Crippen LogP contribution in [0, 0.1) is 22.7 Å². The summed E-state index contributed by atoms with van der Waals surface area (Å²) in [5.41, 5.74) is -1.38. The monoisotopic (exact) mass is 668 g/mol. The van der Waals surface area contributed by atoms with Crippen molar-refractivity contribution in [3.05, 3.63) is 0 Å². The number of carbonyl (C=O) groups is 3. The number of esters is 3. The van der Waals surface area contributed by atoms with E-state index in [1.165, 1.54) is 19.4 Å². The average molecular weight is 668 g/mol. The first-order valence-electron chi connectivity index (χ1n) is 18.2. The Bertz CT molecular complexity index is 946. The van der Waals surface area contributed by atoms with Crippen LogP contribution in [0.2, 0.25) is 0 Å². The van der Waals surface area contributed by atoms with Crippen molar-refractivity contribution in [3.63, 3.8) is 0 Å². The zero-order valence-corrected chi connectivity index (χ0v) is 32.9. The second kappa shape index (κ2) is 18.9. The van der Waals surface area contributed by atoms with Crippen molar-refractivity contribution in [2.45, 2.75) is 146 Å². The molecule has 0 saturated carbocycles. The van der Waals surface area contributed by atoms with Gasteiger partial charge in [0.05, 0.1) is 23.4 Å². The van der Waals surface area contributed by atoms with Crippen molar-refractivity contribution in [1.82, 2.24) is 14.7 Å². The van der Waals surface area contributed by atoms with Gasteiger partial charge in [0.1, 0.15) is 11.2 Å².